The second-order valence-electron chi connectivity index (χ2n) is 4.88. The Labute approximate surface area is 139 Å². The van der Waals surface area contributed by atoms with Crippen LogP contribution >= 0.6 is 11.6 Å². The average molecular weight is 341 g/mol. The molecule has 0 saturated heterocycles. The molecule has 1 unspecified atom stereocenters. The molecule has 0 aliphatic heterocycles. The van der Waals surface area contributed by atoms with Gasteiger partial charge in [-0.25, -0.2) is 4.39 Å². The highest BCUT2D eigenvalue weighted by molar-refractivity contribution is 6.30. The van der Waals surface area contributed by atoms with E-state index in [-0.39, 0.29) is 24.7 Å². The number of ether oxygens (including phenoxy) is 3. The minimum atomic E-state index is -0.883. The van der Waals surface area contributed by atoms with Gasteiger partial charge in [-0.05, 0) is 29.8 Å². The number of para-hydroxylation sites is 1. The van der Waals surface area contributed by atoms with Crippen LogP contribution in [0.15, 0.2) is 42.5 Å². The molecular weight excluding hydrogens is 323 g/mol. The highest BCUT2D eigenvalue weighted by Crippen LogP contribution is 2.29. The van der Waals surface area contributed by atoms with E-state index < -0.39 is 11.9 Å². The number of aliphatic hydroxyl groups is 1. The molecule has 0 saturated carbocycles. The molecule has 0 radical (unpaired) electrons. The van der Waals surface area contributed by atoms with Crippen molar-refractivity contribution in [2.75, 3.05) is 20.3 Å². The number of benzene rings is 2. The SMILES string of the molecule is COc1cccc(F)c1OCC(O)COCc1ccc(Cl)cc1. The van der Waals surface area contributed by atoms with Crippen LogP contribution in [-0.4, -0.2) is 31.5 Å². The van der Waals surface area contributed by atoms with Crippen molar-refractivity contribution in [3.05, 3.63) is 58.9 Å². The molecule has 2 rings (SSSR count). The molecule has 1 atom stereocenters. The van der Waals surface area contributed by atoms with Crippen LogP contribution in [0.4, 0.5) is 4.39 Å². The molecule has 124 valence electrons. The summed E-state index contributed by atoms with van der Waals surface area (Å²) in [5, 5.41) is 10.5. The summed E-state index contributed by atoms with van der Waals surface area (Å²) in [5.41, 5.74) is 0.943. The number of hydrogen-bond donors (Lipinski definition) is 1. The maximum atomic E-state index is 13.7. The molecule has 6 heteroatoms. The fourth-order valence-corrected chi connectivity index (χ4v) is 2.04. The zero-order valence-electron chi connectivity index (χ0n) is 12.7. The van der Waals surface area contributed by atoms with Gasteiger partial charge in [0.25, 0.3) is 0 Å². The Balaban J connectivity index is 1.77. The standard InChI is InChI=1S/C17H18ClFO4/c1-21-16-4-2-3-15(19)17(16)23-11-14(20)10-22-9-12-5-7-13(18)8-6-12/h2-8,14,20H,9-11H2,1H3. The van der Waals surface area contributed by atoms with Gasteiger partial charge in [0.15, 0.2) is 17.3 Å². The maximum absolute atomic E-state index is 13.7. The van der Waals surface area contributed by atoms with E-state index in [1.165, 1.54) is 19.2 Å². The Morgan fingerprint density at radius 2 is 1.87 bits per heavy atom. The molecule has 0 heterocycles. The van der Waals surface area contributed by atoms with Gasteiger partial charge < -0.3 is 19.3 Å². The summed E-state index contributed by atoms with van der Waals surface area (Å²) in [6.45, 7) is 0.314. The molecule has 0 aromatic heterocycles. The van der Waals surface area contributed by atoms with E-state index in [1.54, 1.807) is 18.2 Å². The predicted molar refractivity (Wildman–Crippen MR) is 85.6 cm³/mol. The summed E-state index contributed by atoms with van der Waals surface area (Å²) in [4.78, 5) is 0. The van der Waals surface area contributed by atoms with Crippen molar-refractivity contribution in [1.82, 2.24) is 0 Å². The van der Waals surface area contributed by atoms with Crippen molar-refractivity contribution in [2.45, 2.75) is 12.7 Å². The highest BCUT2D eigenvalue weighted by atomic mass is 35.5. The molecule has 4 nitrogen and oxygen atoms in total. The Kier molecular flexibility index (Phi) is 6.65. The van der Waals surface area contributed by atoms with Crippen molar-refractivity contribution in [2.24, 2.45) is 0 Å². The van der Waals surface area contributed by atoms with Gasteiger partial charge in [-0.15, -0.1) is 0 Å². The molecule has 0 aliphatic carbocycles. The van der Waals surface area contributed by atoms with Crippen LogP contribution in [0.3, 0.4) is 0 Å². The summed E-state index contributed by atoms with van der Waals surface area (Å²) >= 11 is 5.79. The van der Waals surface area contributed by atoms with E-state index in [4.69, 9.17) is 25.8 Å². The van der Waals surface area contributed by atoms with E-state index in [0.29, 0.717) is 11.6 Å². The van der Waals surface area contributed by atoms with Gasteiger partial charge in [0.1, 0.15) is 12.7 Å². The first-order valence-corrected chi connectivity index (χ1v) is 7.43. The minimum Gasteiger partial charge on any atom is -0.493 e. The number of rotatable bonds is 8. The van der Waals surface area contributed by atoms with Gasteiger partial charge in [-0.2, -0.15) is 0 Å². The molecule has 0 amide bonds. The van der Waals surface area contributed by atoms with Gasteiger partial charge >= 0.3 is 0 Å². The van der Waals surface area contributed by atoms with E-state index in [9.17, 15) is 9.50 Å². The van der Waals surface area contributed by atoms with Crippen molar-refractivity contribution < 1.29 is 23.7 Å². The number of halogens is 2. The number of hydrogen-bond acceptors (Lipinski definition) is 4. The minimum absolute atomic E-state index is 0.0215. The Morgan fingerprint density at radius 1 is 1.13 bits per heavy atom. The smallest absolute Gasteiger partial charge is 0.197 e. The first-order valence-electron chi connectivity index (χ1n) is 7.05. The van der Waals surface area contributed by atoms with Gasteiger partial charge in [0, 0.05) is 5.02 Å². The first-order chi connectivity index (χ1) is 11.1. The van der Waals surface area contributed by atoms with E-state index >= 15 is 0 Å². The zero-order chi connectivity index (χ0) is 16.7. The fraction of sp³-hybridized carbons (Fsp3) is 0.294. The van der Waals surface area contributed by atoms with E-state index in [2.05, 4.69) is 0 Å². The van der Waals surface area contributed by atoms with Crippen molar-refractivity contribution in [1.29, 1.82) is 0 Å². The third-order valence-electron chi connectivity index (χ3n) is 3.06. The van der Waals surface area contributed by atoms with Crippen molar-refractivity contribution >= 4 is 11.6 Å². The zero-order valence-corrected chi connectivity index (χ0v) is 13.4. The lowest BCUT2D eigenvalue weighted by Crippen LogP contribution is -2.23. The van der Waals surface area contributed by atoms with Crippen LogP contribution in [0.5, 0.6) is 11.5 Å². The van der Waals surface area contributed by atoms with Gasteiger partial charge in [-0.1, -0.05) is 29.8 Å². The van der Waals surface area contributed by atoms with Crippen LogP contribution in [0, 0.1) is 5.82 Å². The lowest BCUT2D eigenvalue weighted by Gasteiger charge is -2.15. The Hall–Kier alpha value is -1.82. The molecule has 2 aromatic carbocycles. The Bertz CT molecular complexity index is 618. The van der Waals surface area contributed by atoms with Crippen LogP contribution < -0.4 is 9.47 Å². The third-order valence-corrected chi connectivity index (χ3v) is 3.32. The van der Waals surface area contributed by atoms with E-state index in [1.807, 2.05) is 12.1 Å². The molecule has 0 fully saturated rings. The average Bonchev–Trinajstić information content (AvgIpc) is 2.55. The number of methoxy groups -OCH3 is 1. The van der Waals surface area contributed by atoms with Crippen LogP contribution in [0.25, 0.3) is 0 Å². The summed E-state index contributed by atoms with van der Waals surface area (Å²) in [7, 11) is 1.42. The lowest BCUT2D eigenvalue weighted by atomic mass is 10.2. The lowest BCUT2D eigenvalue weighted by molar-refractivity contribution is 0.00441. The highest BCUT2D eigenvalue weighted by Gasteiger charge is 2.13. The summed E-state index contributed by atoms with van der Waals surface area (Å²) < 4.78 is 29.4. The topological polar surface area (TPSA) is 47.9 Å². The van der Waals surface area contributed by atoms with Gasteiger partial charge in [-0.3, -0.25) is 0 Å². The quantitative estimate of drug-likeness (QED) is 0.799. The fourth-order valence-electron chi connectivity index (χ4n) is 1.91. The molecule has 0 aliphatic rings. The predicted octanol–water partition coefficient (Wildman–Crippen LogP) is 3.44. The van der Waals surface area contributed by atoms with Gasteiger partial charge in [0.2, 0.25) is 0 Å². The van der Waals surface area contributed by atoms with E-state index in [0.717, 1.165) is 5.56 Å². The normalized spacial score (nSPS) is 12.0. The van der Waals surface area contributed by atoms with Crippen LogP contribution in [-0.2, 0) is 11.3 Å². The second-order valence-corrected chi connectivity index (χ2v) is 5.31. The summed E-state index contributed by atoms with van der Waals surface area (Å²) in [6.07, 6.45) is -0.883. The Morgan fingerprint density at radius 3 is 2.57 bits per heavy atom. The summed E-state index contributed by atoms with van der Waals surface area (Å²) in [5.74, 6) is -0.287. The molecule has 2 aromatic rings. The third kappa shape index (κ3) is 5.39. The second kappa shape index (κ2) is 8.72. The van der Waals surface area contributed by atoms with Gasteiger partial charge in [0.05, 0.1) is 20.3 Å². The monoisotopic (exact) mass is 340 g/mol. The molecule has 0 bridgehead atoms. The molecule has 23 heavy (non-hydrogen) atoms. The van der Waals surface area contributed by atoms with Crippen LogP contribution in [0.2, 0.25) is 5.02 Å². The molecule has 0 spiro atoms. The maximum Gasteiger partial charge on any atom is 0.197 e. The molecule has 1 N–H and O–H groups in total. The largest absolute Gasteiger partial charge is 0.493 e. The summed E-state index contributed by atoms with van der Waals surface area (Å²) in [6, 6.07) is 11.6. The first kappa shape index (κ1) is 17.5. The number of aliphatic hydroxyl groups excluding tert-OH is 1. The van der Waals surface area contributed by atoms with Crippen molar-refractivity contribution in [3.63, 3.8) is 0 Å². The van der Waals surface area contributed by atoms with Crippen molar-refractivity contribution in [3.8, 4) is 11.5 Å². The van der Waals surface area contributed by atoms with Crippen LogP contribution in [0.1, 0.15) is 5.56 Å². The molecular formula is C17H18ClFO4.